The standard InChI is InChI=1S/C13H21NO/c1-10-6-7-11(2)13(12(10)3)15-9-5-8-14-4/h6-7,14H,5,8-9H2,1-4H3. The average Bonchev–Trinajstić information content (AvgIpc) is 2.23. The maximum Gasteiger partial charge on any atom is 0.125 e. The van der Waals surface area contributed by atoms with Crippen LogP contribution in [-0.4, -0.2) is 20.2 Å². The van der Waals surface area contributed by atoms with Crippen molar-refractivity contribution < 1.29 is 4.74 Å². The molecule has 0 aliphatic heterocycles. The number of ether oxygens (including phenoxy) is 1. The van der Waals surface area contributed by atoms with Gasteiger partial charge in [0.25, 0.3) is 0 Å². The average molecular weight is 207 g/mol. The highest BCUT2D eigenvalue weighted by Crippen LogP contribution is 2.25. The van der Waals surface area contributed by atoms with Crippen LogP contribution < -0.4 is 10.1 Å². The molecule has 1 N–H and O–H groups in total. The summed E-state index contributed by atoms with van der Waals surface area (Å²) < 4.78 is 5.81. The minimum atomic E-state index is 0.784. The van der Waals surface area contributed by atoms with E-state index in [2.05, 4.69) is 38.2 Å². The summed E-state index contributed by atoms with van der Waals surface area (Å²) in [6.45, 7) is 8.13. The molecule has 2 nitrogen and oxygen atoms in total. The van der Waals surface area contributed by atoms with E-state index in [1.165, 1.54) is 16.7 Å². The highest BCUT2D eigenvalue weighted by molar-refractivity contribution is 5.44. The zero-order valence-corrected chi connectivity index (χ0v) is 10.2. The van der Waals surface area contributed by atoms with Gasteiger partial charge in [0.15, 0.2) is 0 Å². The molecule has 0 spiro atoms. The second-order valence-corrected chi connectivity index (χ2v) is 3.96. The fourth-order valence-electron chi connectivity index (χ4n) is 1.57. The van der Waals surface area contributed by atoms with Gasteiger partial charge in [0.1, 0.15) is 5.75 Å². The molecule has 1 aromatic carbocycles. The van der Waals surface area contributed by atoms with Gasteiger partial charge in [-0.25, -0.2) is 0 Å². The van der Waals surface area contributed by atoms with Gasteiger partial charge in [0, 0.05) is 0 Å². The number of hydrogen-bond acceptors (Lipinski definition) is 2. The Bertz CT molecular complexity index is 321. The zero-order valence-electron chi connectivity index (χ0n) is 10.2. The molecule has 1 aromatic rings. The van der Waals surface area contributed by atoms with Crippen molar-refractivity contribution in [1.82, 2.24) is 5.32 Å². The van der Waals surface area contributed by atoms with Gasteiger partial charge in [0.2, 0.25) is 0 Å². The number of benzene rings is 1. The Labute approximate surface area is 92.6 Å². The molecule has 0 unspecified atom stereocenters. The van der Waals surface area contributed by atoms with Gasteiger partial charge in [-0.05, 0) is 57.5 Å². The molecule has 0 bridgehead atoms. The predicted molar refractivity (Wildman–Crippen MR) is 64.7 cm³/mol. The van der Waals surface area contributed by atoms with Crippen molar-refractivity contribution in [3.8, 4) is 5.75 Å². The van der Waals surface area contributed by atoms with E-state index in [-0.39, 0.29) is 0 Å². The summed E-state index contributed by atoms with van der Waals surface area (Å²) in [5.41, 5.74) is 3.78. The van der Waals surface area contributed by atoms with Crippen molar-refractivity contribution in [3.05, 3.63) is 28.8 Å². The maximum absolute atomic E-state index is 5.81. The van der Waals surface area contributed by atoms with E-state index in [4.69, 9.17) is 4.74 Å². The number of nitrogens with one attached hydrogen (secondary N) is 1. The van der Waals surface area contributed by atoms with Crippen molar-refractivity contribution in [2.45, 2.75) is 27.2 Å². The molecule has 1 rings (SSSR count). The van der Waals surface area contributed by atoms with E-state index in [1.54, 1.807) is 0 Å². The Kier molecular flexibility index (Phi) is 4.63. The van der Waals surface area contributed by atoms with Gasteiger partial charge in [-0.2, -0.15) is 0 Å². The van der Waals surface area contributed by atoms with Gasteiger partial charge in [-0.15, -0.1) is 0 Å². The molecule has 0 heterocycles. The molecule has 0 amide bonds. The molecule has 0 radical (unpaired) electrons. The van der Waals surface area contributed by atoms with Crippen LogP contribution in [-0.2, 0) is 0 Å². The van der Waals surface area contributed by atoms with Crippen molar-refractivity contribution in [2.24, 2.45) is 0 Å². The SMILES string of the molecule is CNCCCOc1c(C)ccc(C)c1C. The third-order valence-electron chi connectivity index (χ3n) is 2.69. The molecule has 0 saturated heterocycles. The highest BCUT2D eigenvalue weighted by Gasteiger charge is 2.05. The van der Waals surface area contributed by atoms with E-state index in [1.807, 2.05) is 7.05 Å². The Balaban J connectivity index is 2.63. The molecule has 2 heteroatoms. The number of rotatable bonds is 5. The number of hydrogen-bond donors (Lipinski definition) is 1. The van der Waals surface area contributed by atoms with Gasteiger partial charge in [-0.3, -0.25) is 0 Å². The molecule has 0 aromatic heterocycles. The van der Waals surface area contributed by atoms with Gasteiger partial charge in [-0.1, -0.05) is 12.1 Å². The van der Waals surface area contributed by atoms with E-state index < -0.39 is 0 Å². The number of aryl methyl sites for hydroxylation is 2. The van der Waals surface area contributed by atoms with Crippen LogP contribution in [0.25, 0.3) is 0 Å². The lowest BCUT2D eigenvalue weighted by Crippen LogP contribution is -2.12. The largest absolute Gasteiger partial charge is 0.493 e. The smallest absolute Gasteiger partial charge is 0.125 e. The van der Waals surface area contributed by atoms with Gasteiger partial charge < -0.3 is 10.1 Å². The molecular formula is C13H21NO. The maximum atomic E-state index is 5.81. The predicted octanol–water partition coefficient (Wildman–Crippen LogP) is 2.60. The lowest BCUT2D eigenvalue weighted by atomic mass is 10.1. The zero-order chi connectivity index (χ0) is 11.3. The van der Waals surface area contributed by atoms with Crippen LogP contribution in [0.4, 0.5) is 0 Å². The summed E-state index contributed by atoms with van der Waals surface area (Å²) in [6.07, 6.45) is 1.04. The Morgan fingerprint density at radius 1 is 1.13 bits per heavy atom. The van der Waals surface area contributed by atoms with Crippen LogP contribution in [0, 0.1) is 20.8 Å². The van der Waals surface area contributed by atoms with Crippen molar-refractivity contribution in [2.75, 3.05) is 20.2 Å². The normalized spacial score (nSPS) is 10.4. The second-order valence-electron chi connectivity index (χ2n) is 3.96. The van der Waals surface area contributed by atoms with Crippen LogP contribution in [0.15, 0.2) is 12.1 Å². The van der Waals surface area contributed by atoms with Crippen LogP contribution in [0.5, 0.6) is 5.75 Å². The van der Waals surface area contributed by atoms with E-state index in [0.717, 1.165) is 25.3 Å². The van der Waals surface area contributed by atoms with Crippen LogP contribution in [0.1, 0.15) is 23.1 Å². The Morgan fingerprint density at radius 2 is 1.80 bits per heavy atom. The minimum Gasteiger partial charge on any atom is -0.493 e. The van der Waals surface area contributed by atoms with Crippen molar-refractivity contribution in [1.29, 1.82) is 0 Å². The van der Waals surface area contributed by atoms with Crippen LogP contribution in [0.2, 0.25) is 0 Å². The summed E-state index contributed by atoms with van der Waals surface area (Å²) in [7, 11) is 1.96. The minimum absolute atomic E-state index is 0.784. The van der Waals surface area contributed by atoms with E-state index in [9.17, 15) is 0 Å². The van der Waals surface area contributed by atoms with Crippen molar-refractivity contribution in [3.63, 3.8) is 0 Å². The molecule has 15 heavy (non-hydrogen) atoms. The van der Waals surface area contributed by atoms with Crippen LogP contribution in [0.3, 0.4) is 0 Å². The fourth-order valence-corrected chi connectivity index (χ4v) is 1.57. The molecular weight excluding hydrogens is 186 g/mol. The topological polar surface area (TPSA) is 21.3 Å². The fraction of sp³-hybridized carbons (Fsp3) is 0.538. The van der Waals surface area contributed by atoms with E-state index >= 15 is 0 Å². The van der Waals surface area contributed by atoms with Gasteiger partial charge >= 0.3 is 0 Å². The summed E-state index contributed by atoms with van der Waals surface area (Å²) in [4.78, 5) is 0. The highest BCUT2D eigenvalue weighted by atomic mass is 16.5. The second kappa shape index (κ2) is 5.76. The molecule has 84 valence electrons. The lowest BCUT2D eigenvalue weighted by molar-refractivity contribution is 0.305. The van der Waals surface area contributed by atoms with E-state index in [0.29, 0.717) is 0 Å². The first kappa shape index (κ1) is 12.1. The third-order valence-corrected chi connectivity index (χ3v) is 2.69. The molecule has 0 atom stereocenters. The van der Waals surface area contributed by atoms with Gasteiger partial charge in [0.05, 0.1) is 6.61 Å². The molecule has 0 fully saturated rings. The quantitative estimate of drug-likeness (QED) is 0.749. The molecule has 0 aliphatic carbocycles. The molecule has 0 saturated carbocycles. The monoisotopic (exact) mass is 207 g/mol. The summed E-state index contributed by atoms with van der Waals surface area (Å²) in [6, 6.07) is 4.26. The Hall–Kier alpha value is -1.02. The first-order chi connectivity index (χ1) is 7.16. The molecule has 0 aliphatic rings. The lowest BCUT2D eigenvalue weighted by Gasteiger charge is -2.13. The first-order valence-electron chi connectivity index (χ1n) is 5.51. The summed E-state index contributed by atoms with van der Waals surface area (Å²) in [5, 5.41) is 3.11. The first-order valence-corrected chi connectivity index (χ1v) is 5.51. The van der Waals surface area contributed by atoms with Crippen molar-refractivity contribution >= 4 is 0 Å². The van der Waals surface area contributed by atoms with Crippen LogP contribution >= 0.6 is 0 Å². The summed E-state index contributed by atoms with van der Waals surface area (Å²) >= 11 is 0. The Morgan fingerprint density at radius 3 is 2.47 bits per heavy atom. The third kappa shape index (κ3) is 3.24. The summed E-state index contributed by atoms with van der Waals surface area (Å²) in [5.74, 6) is 1.06.